The maximum Gasteiger partial charge on any atom is 0.306 e. The molecule has 112 valence electrons. The van der Waals surface area contributed by atoms with Crippen molar-refractivity contribution in [1.82, 2.24) is 5.32 Å². The van der Waals surface area contributed by atoms with E-state index in [2.05, 4.69) is 12.2 Å². The van der Waals surface area contributed by atoms with Gasteiger partial charge in [-0.15, -0.1) is 0 Å². The molecule has 0 aliphatic rings. The molecule has 0 saturated carbocycles. The summed E-state index contributed by atoms with van der Waals surface area (Å²) < 4.78 is 0. The second-order valence-electron chi connectivity index (χ2n) is 5.17. The maximum atomic E-state index is 10.7. The molecule has 1 aromatic rings. The van der Waals surface area contributed by atoms with E-state index in [1.54, 1.807) is 13.0 Å². The first kappa shape index (κ1) is 17.3. The van der Waals surface area contributed by atoms with E-state index in [-0.39, 0.29) is 5.92 Å². The number of aliphatic carboxylic acids is 1. The van der Waals surface area contributed by atoms with Crippen molar-refractivity contribution in [2.75, 3.05) is 0 Å². The first-order chi connectivity index (χ1) is 9.41. The van der Waals surface area contributed by atoms with Crippen molar-refractivity contribution < 1.29 is 9.90 Å². The van der Waals surface area contributed by atoms with Gasteiger partial charge in [0, 0.05) is 12.6 Å². The van der Waals surface area contributed by atoms with Gasteiger partial charge in [-0.1, -0.05) is 48.7 Å². The Bertz CT molecular complexity index is 451. The molecule has 1 aromatic carbocycles. The third-order valence-electron chi connectivity index (χ3n) is 3.37. The largest absolute Gasteiger partial charge is 0.481 e. The zero-order valence-electron chi connectivity index (χ0n) is 11.8. The van der Waals surface area contributed by atoms with Gasteiger partial charge in [-0.3, -0.25) is 4.79 Å². The summed E-state index contributed by atoms with van der Waals surface area (Å²) in [6, 6.07) is 5.90. The van der Waals surface area contributed by atoms with E-state index in [9.17, 15) is 4.79 Å². The number of benzene rings is 1. The number of carbonyl (C=O) groups is 1. The SMILES string of the molecule is CC(CCCC(C)C(=O)O)NCc1cccc(Cl)c1Cl. The Balaban J connectivity index is 2.31. The lowest BCUT2D eigenvalue weighted by Crippen LogP contribution is -2.25. The molecule has 0 spiro atoms. The van der Waals surface area contributed by atoms with Crippen molar-refractivity contribution in [2.24, 2.45) is 5.92 Å². The molecule has 2 atom stereocenters. The van der Waals surface area contributed by atoms with E-state index in [0.29, 0.717) is 29.1 Å². The third kappa shape index (κ3) is 5.70. The van der Waals surface area contributed by atoms with Crippen LogP contribution in [0.5, 0.6) is 0 Å². The summed E-state index contributed by atoms with van der Waals surface area (Å²) in [7, 11) is 0. The molecule has 0 saturated heterocycles. The van der Waals surface area contributed by atoms with Crippen LogP contribution < -0.4 is 5.32 Å². The second kappa shape index (κ2) is 8.50. The quantitative estimate of drug-likeness (QED) is 0.748. The zero-order valence-corrected chi connectivity index (χ0v) is 13.3. The van der Waals surface area contributed by atoms with Gasteiger partial charge in [0.2, 0.25) is 0 Å². The van der Waals surface area contributed by atoms with Crippen molar-refractivity contribution in [3.63, 3.8) is 0 Å². The van der Waals surface area contributed by atoms with Gasteiger partial charge in [0.1, 0.15) is 0 Å². The van der Waals surface area contributed by atoms with Crippen LogP contribution in [0, 0.1) is 5.92 Å². The molecular formula is C15H21Cl2NO2. The van der Waals surface area contributed by atoms with E-state index in [4.69, 9.17) is 28.3 Å². The zero-order chi connectivity index (χ0) is 15.1. The summed E-state index contributed by atoms with van der Waals surface area (Å²) in [6.07, 6.45) is 2.54. The van der Waals surface area contributed by atoms with Gasteiger partial charge < -0.3 is 10.4 Å². The predicted octanol–water partition coefficient (Wildman–Crippen LogP) is 4.36. The van der Waals surface area contributed by atoms with E-state index in [1.807, 2.05) is 12.1 Å². The molecule has 0 aliphatic heterocycles. The smallest absolute Gasteiger partial charge is 0.306 e. The van der Waals surface area contributed by atoms with Crippen LogP contribution in [0.1, 0.15) is 38.7 Å². The highest BCUT2D eigenvalue weighted by atomic mass is 35.5. The minimum absolute atomic E-state index is 0.274. The van der Waals surface area contributed by atoms with E-state index < -0.39 is 5.97 Å². The predicted molar refractivity (Wildman–Crippen MR) is 83.4 cm³/mol. The number of hydrogen-bond acceptors (Lipinski definition) is 2. The average molecular weight is 318 g/mol. The first-order valence-electron chi connectivity index (χ1n) is 6.81. The molecule has 3 nitrogen and oxygen atoms in total. The Morgan fingerprint density at radius 1 is 1.30 bits per heavy atom. The normalized spacial score (nSPS) is 14.0. The van der Waals surface area contributed by atoms with Crippen LogP contribution in [-0.4, -0.2) is 17.1 Å². The number of rotatable bonds is 8. The molecule has 1 rings (SSSR count). The molecular weight excluding hydrogens is 297 g/mol. The third-order valence-corrected chi connectivity index (χ3v) is 4.23. The Labute approximate surface area is 130 Å². The summed E-state index contributed by atoms with van der Waals surface area (Å²) in [6.45, 7) is 4.49. The van der Waals surface area contributed by atoms with Gasteiger partial charge in [-0.2, -0.15) is 0 Å². The lowest BCUT2D eigenvalue weighted by Gasteiger charge is -2.15. The lowest BCUT2D eigenvalue weighted by molar-refractivity contribution is -0.141. The summed E-state index contributed by atoms with van der Waals surface area (Å²) in [4.78, 5) is 10.7. The van der Waals surface area contributed by atoms with Gasteiger partial charge in [-0.05, 0) is 31.4 Å². The highest BCUT2D eigenvalue weighted by Crippen LogP contribution is 2.25. The first-order valence-corrected chi connectivity index (χ1v) is 7.56. The Kier molecular flexibility index (Phi) is 7.35. The molecule has 0 fully saturated rings. The molecule has 0 aliphatic carbocycles. The Morgan fingerprint density at radius 3 is 2.65 bits per heavy atom. The number of halogens is 2. The van der Waals surface area contributed by atoms with Crippen LogP contribution >= 0.6 is 23.2 Å². The van der Waals surface area contributed by atoms with Gasteiger partial charge >= 0.3 is 5.97 Å². The summed E-state index contributed by atoms with van der Waals surface area (Å²) in [5.41, 5.74) is 0.977. The number of carboxylic acids is 1. The monoisotopic (exact) mass is 317 g/mol. The summed E-state index contributed by atoms with van der Waals surface area (Å²) >= 11 is 12.1. The lowest BCUT2D eigenvalue weighted by atomic mass is 10.0. The van der Waals surface area contributed by atoms with E-state index in [1.165, 1.54) is 0 Å². The fourth-order valence-electron chi connectivity index (χ4n) is 1.92. The van der Waals surface area contributed by atoms with E-state index in [0.717, 1.165) is 18.4 Å². The van der Waals surface area contributed by atoms with Gasteiger partial charge in [0.25, 0.3) is 0 Å². The van der Waals surface area contributed by atoms with Crippen LogP contribution in [0.15, 0.2) is 18.2 Å². The molecule has 2 N–H and O–H groups in total. The van der Waals surface area contributed by atoms with Crippen LogP contribution in [0.3, 0.4) is 0 Å². The summed E-state index contributed by atoms with van der Waals surface area (Å²) in [5, 5.41) is 13.3. The minimum Gasteiger partial charge on any atom is -0.481 e. The fourth-order valence-corrected chi connectivity index (χ4v) is 2.31. The molecule has 0 aromatic heterocycles. The Hall–Kier alpha value is -0.770. The molecule has 20 heavy (non-hydrogen) atoms. The number of carboxylic acid groups (broad SMARTS) is 1. The topological polar surface area (TPSA) is 49.3 Å². The molecule has 0 radical (unpaired) electrons. The van der Waals surface area contributed by atoms with Gasteiger partial charge in [-0.25, -0.2) is 0 Å². The highest BCUT2D eigenvalue weighted by molar-refractivity contribution is 6.42. The minimum atomic E-state index is -0.726. The van der Waals surface area contributed by atoms with Crippen LogP contribution in [-0.2, 0) is 11.3 Å². The van der Waals surface area contributed by atoms with Crippen molar-refractivity contribution in [3.8, 4) is 0 Å². The van der Waals surface area contributed by atoms with Crippen LogP contribution in [0.4, 0.5) is 0 Å². The van der Waals surface area contributed by atoms with Crippen LogP contribution in [0.25, 0.3) is 0 Å². The Morgan fingerprint density at radius 2 is 2.00 bits per heavy atom. The molecule has 0 heterocycles. The van der Waals surface area contributed by atoms with Crippen molar-refractivity contribution in [1.29, 1.82) is 0 Å². The van der Waals surface area contributed by atoms with Crippen molar-refractivity contribution in [2.45, 2.75) is 45.7 Å². The average Bonchev–Trinajstić information content (AvgIpc) is 2.40. The molecule has 5 heteroatoms. The maximum absolute atomic E-state index is 10.7. The highest BCUT2D eigenvalue weighted by Gasteiger charge is 2.11. The molecule has 0 bridgehead atoms. The fraction of sp³-hybridized carbons (Fsp3) is 0.533. The molecule has 2 unspecified atom stereocenters. The second-order valence-corrected chi connectivity index (χ2v) is 5.95. The van der Waals surface area contributed by atoms with Gasteiger partial charge in [0.05, 0.1) is 16.0 Å². The van der Waals surface area contributed by atoms with Gasteiger partial charge in [0.15, 0.2) is 0 Å². The molecule has 0 amide bonds. The van der Waals surface area contributed by atoms with Crippen molar-refractivity contribution in [3.05, 3.63) is 33.8 Å². The standard InChI is InChI=1S/C15H21Cl2NO2/c1-10(15(19)20)5-3-6-11(2)18-9-12-7-4-8-13(16)14(12)17/h4,7-8,10-11,18H,3,5-6,9H2,1-2H3,(H,19,20). The van der Waals surface area contributed by atoms with Crippen molar-refractivity contribution >= 4 is 29.2 Å². The van der Waals surface area contributed by atoms with E-state index >= 15 is 0 Å². The summed E-state index contributed by atoms with van der Waals surface area (Å²) in [5.74, 6) is -0.999. The number of hydrogen-bond donors (Lipinski definition) is 2. The van der Waals surface area contributed by atoms with Crippen LogP contribution in [0.2, 0.25) is 10.0 Å². The number of nitrogens with one attached hydrogen (secondary N) is 1.